The number of methoxy groups -OCH3 is 1. The molecule has 0 saturated carbocycles. The molecule has 0 aliphatic heterocycles. The molecule has 0 aliphatic carbocycles. The van der Waals surface area contributed by atoms with Gasteiger partial charge in [0.2, 0.25) is 0 Å². The lowest BCUT2D eigenvalue weighted by Gasteiger charge is -2.14. The third kappa shape index (κ3) is 1.88. The minimum Gasteiger partial charge on any atom is -0.495 e. The summed E-state index contributed by atoms with van der Waals surface area (Å²) in [7, 11) is 1.32. The lowest BCUT2D eigenvalue weighted by Crippen LogP contribution is -2.03. The molecule has 0 aromatic heterocycles. The van der Waals surface area contributed by atoms with Gasteiger partial charge in [0.25, 0.3) is 0 Å². The average Bonchev–Trinajstić information content (AvgIpc) is 2.10. The zero-order valence-electron chi connectivity index (χ0n) is 7.64. The highest BCUT2D eigenvalue weighted by atomic mass is 79.9. The third-order valence-electron chi connectivity index (χ3n) is 1.78. The summed E-state index contributed by atoms with van der Waals surface area (Å²) in [4.78, 5) is 0. The highest BCUT2D eigenvalue weighted by Crippen LogP contribution is 2.36. The van der Waals surface area contributed by atoms with Crippen LogP contribution in [0.25, 0.3) is 0 Å². The molecule has 0 fully saturated rings. The fourth-order valence-corrected chi connectivity index (χ4v) is 1.75. The van der Waals surface area contributed by atoms with Gasteiger partial charge in [-0.25, -0.2) is 8.78 Å². The highest BCUT2D eigenvalue weighted by molar-refractivity contribution is 9.10. The van der Waals surface area contributed by atoms with Gasteiger partial charge >= 0.3 is 0 Å². The van der Waals surface area contributed by atoms with Crippen molar-refractivity contribution in [2.24, 2.45) is 0 Å². The molecule has 0 heterocycles. The zero-order valence-corrected chi connectivity index (χ0v) is 9.23. The molecule has 0 bridgehead atoms. The third-order valence-corrected chi connectivity index (χ3v) is 2.37. The molecular formula is C9H9BrF2O2. The van der Waals surface area contributed by atoms with Crippen LogP contribution < -0.4 is 4.74 Å². The number of benzene rings is 1. The van der Waals surface area contributed by atoms with Crippen LogP contribution in [0.3, 0.4) is 0 Å². The number of rotatable bonds is 2. The van der Waals surface area contributed by atoms with Crippen LogP contribution in [0.15, 0.2) is 10.5 Å². The molecule has 0 spiro atoms. The van der Waals surface area contributed by atoms with E-state index in [0.717, 1.165) is 6.07 Å². The van der Waals surface area contributed by atoms with Crippen LogP contribution in [0, 0.1) is 11.6 Å². The van der Waals surface area contributed by atoms with Crippen LogP contribution in [-0.2, 0) is 0 Å². The first kappa shape index (κ1) is 11.4. The van der Waals surface area contributed by atoms with Crippen LogP contribution in [0.1, 0.15) is 18.6 Å². The van der Waals surface area contributed by atoms with Crippen molar-refractivity contribution in [3.63, 3.8) is 0 Å². The minimum atomic E-state index is -1.13. The Balaban J connectivity index is 3.48. The molecule has 2 nitrogen and oxygen atoms in total. The van der Waals surface area contributed by atoms with Crippen LogP contribution in [0.2, 0.25) is 0 Å². The minimum absolute atomic E-state index is 0.110. The summed E-state index contributed by atoms with van der Waals surface area (Å²) in [5.74, 6) is -1.99. The van der Waals surface area contributed by atoms with E-state index in [2.05, 4.69) is 15.9 Å². The molecule has 1 N–H and O–H groups in total. The number of hydrogen-bond donors (Lipinski definition) is 1. The largest absolute Gasteiger partial charge is 0.495 e. The van der Waals surface area contributed by atoms with Gasteiger partial charge in [0, 0.05) is 0 Å². The first-order chi connectivity index (χ1) is 6.49. The molecule has 1 aromatic carbocycles. The smallest absolute Gasteiger partial charge is 0.168 e. The molecule has 5 heteroatoms. The monoisotopic (exact) mass is 266 g/mol. The van der Waals surface area contributed by atoms with Gasteiger partial charge in [0.15, 0.2) is 11.6 Å². The fourth-order valence-electron chi connectivity index (χ4n) is 1.18. The maximum Gasteiger partial charge on any atom is 0.168 e. The van der Waals surface area contributed by atoms with Crippen molar-refractivity contribution < 1.29 is 18.6 Å². The zero-order chi connectivity index (χ0) is 10.9. The first-order valence-electron chi connectivity index (χ1n) is 3.88. The van der Waals surface area contributed by atoms with E-state index in [1.54, 1.807) is 0 Å². The second kappa shape index (κ2) is 4.23. The van der Waals surface area contributed by atoms with Crippen molar-refractivity contribution in [2.75, 3.05) is 7.11 Å². The topological polar surface area (TPSA) is 29.5 Å². The fraction of sp³-hybridized carbons (Fsp3) is 0.333. The summed E-state index contributed by atoms with van der Waals surface area (Å²) in [6, 6.07) is 0.958. The van der Waals surface area contributed by atoms with Crippen LogP contribution in [-0.4, -0.2) is 12.2 Å². The Bertz CT molecular complexity index is 353. The van der Waals surface area contributed by atoms with E-state index in [1.165, 1.54) is 14.0 Å². The molecule has 0 amide bonds. The van der Waals surface area contributed by atoms with E-state index >= 15 is 0 Å². The highest BCUT2D eigenvalue weighted by Gasteiger charge is 2.21. The van der Waals surface area contributed by atoms with Crippen LogP contribution in [0.5, 0.6) is 5.75 Å². The van der Waals surface area contributed by atoms with Gasteiger partial charge in [-0.2, -0.15) is 0 Å². The van der Waals surface area contributed by atoms with Gasteiger partial charge in [-0.05, 0) is 28.9 Å². The predicted molar refractivity (Wildman–Crippen MR) is 51.2 cm³/mol. The molecule has 0 saturated heterocycles. The van der Waals surface area contributed by atoms with E-state index in [-0.39, 0.29) is 15.8 Å². The molecular weight excluding hydrogens is 258 g/mol. The van der Waals surface area contributed by atoms with E-state index in [1.807, 2.05) is 0 Å². The number of aliphatic hydroxyl groups is 1. The van der Waals surface area contributed by atoms with Gasteiger partial charge in [0.05, 0.1) is 23.2 Å². The Morgan fingerprint density at radius 1 is 1.50 bits per heavy atom. The van der Waals surface area contributed by atoms with Crippen LogP contribution >= 0.6 is 15.9 Å². The number of hydrogen-bond acceptors (Lipinski definition) is 2. The summed E-state index contributed by atoms with van der Waals surface area (Å²) in [5.41, 5.74) is -0.181. The van der Waals surface area contributed by atoms with Gasteiger partial charge in [-0.3, -0.25) is 0 Å². The number of aliphatic hydroxyl groups excluding tert-OH is 1. The molecule has 0 radical (unpaired) electrons. The molecule has 1 rings (SSSR count). The van der Waals surface area contributed by atoms with Crippen LogP contribution in [0.4, 0.5) is 8.78 Å². The summed E-state index contributed by atoms with van der Waals surface area (Å²) >= 11 is 3.02. The van der Waals surface area contributed by atoms with E-state index < -0.39 is 17.7 Å². The predicted octanol–water partition coefficient (Wildman–Crippen LogP) is 2.79. The van der Waals surface area contributed by atoms with Crippen molar-refractivity contribution in [3.05, 3.63) is 27.7 Å². The van der Waals surface area contributed by atoms with E-state index in [9.17, 15) is 13.9 Å². The lowest BCUT2D eigenvalue weighted by atomic mass is 10.1. The van der Waals surface area contributed by atoms with E-state index in [4.69, 9.17) is 4.74 Å². The van der Waals surface area contributed by atoms with Gasteiger partial charge in [0.1, 0.15) is 5.75 Å². The maximum absolute atomic E-state index is 13.2. The van der Waals surface area contributed by atoms with Crippen molar-refractivity contribution in [3.8, 4) is 5.75 Å². The quantitative estimate of drug-likeness (QED) is 0.835. The summed E-state index contributed by atoms with van der Waals surface area (Å²) in [5, 5.41) is 9.26. The standard InChI is InChI=1S/C9H9BrF2O2/c1-4(13)7-8(12)6(11)3-5(10)9(7)14-2/h3-4,13H,1-2H3. The van der Waals surface area contributed by atoms with Crippen molar-refractivity contribution in [1.29, 1.82) is 0 Å². The average molecular weight is 267 g/mol. The van der Waals surface area contributed by atoms with Gasteiger partial charge in [-0.15, -0.1) is 0 Å². The second-order valence-corrected chi connectivity index (χ2v) is 3.63. The van der Waals surface area contributed by atoms with Crippen molar-refractivity contribution in [2.45, 2.75) is 13.0 Å². The Hall–Kier alpha value is -0.680. The molecule has 78 valence electrons. The van der Waals surface area contributed by atoms with Gasteiger partial charge < -0.3 is 9.84 Å². The maximum atomic E-state index is 13.2. The molecule has 1 atom stereocenters. The summed E-state index contributed by atoms with van der Waals surface area (Å²) in [6.45, 7) is 1.34. The first-order valence-corrected chi connectivity index (χ1v) is 4.67. The SMILES string of the molecule is COc1c(Br)cc(F)c(F)c1C(C)O. The number of ether oxygens (including phenoxy) is 1. The van der Waals surface area contributed by atoms with Crippen molar-refractivity contribution >= 4 is 15.9 Å². The summed E-state index contributed by atoms with van der Waals surface area (Å²) in [6.07, 6.45) is -1.13. The Morgan fingerprint density at radius 2 is 2.07 bits per heavy atom. The molecule has 1 aromatic rings. The lowest BCUT2D eigenvalue weighted by molar-refractivity contribution is 0.187. The van der Waals surface area contributed by atoms with Gasteiger partial charge in [-0.1, -0.05) is 0 Å². The summed E-state index contributed by atoms with van der Waals surface area (Å²) < 4.78 is 31.3. The Labute approximate surface area is 88.6 Å². The Kier molecular flexibility index (Phi) is 3.44. The van der Waals surface area contributed by atoms with E-state index in [0.29, 0.717) is 0 Å². The second-order valence-electron chi connectivity index (χ2n) is 2.78. The molecule has 0 aliphatic rings. The molecule has 14 heavy (non-hydrogen) atoms. The number of halogens is 3. The van der Waals surface area contributed by atoms with Crippen molar-refractivity contribution in [1.82, 2.24) is 0 Å². The Morgan fingerprint density at radius 3 is 2.50 bits per heavy atom. The normalized spacial score (nSPS) is 12.7. The molecule has 1 unspecified atom stereocenters.